The number of ketones is 1. The van der Waals surface area contributed by atoms with Gasteiger partial charge < -0.3 is 10.2 Å². The van der Waals surface area contributed by atoms with Gasteiger partial charge in [-0.1, -0.05) is 67.5 Å². The van der Waals surface area contributed by atoms with E-state index in [-0.39, 0.29) is 42.5 Å². The lowest BCUT2D eigenvalue weighted by molar-refractivity contribution is -0.139. The number of Topliss-reactive ketones (excluding diaryl/α,β-unsaturated/α-hetero) is 1. The Labute approximate surface area is 180 Å². The van der Waals surface area contributed by atoms with Crippen LogP contribution in [0.2, 0.25) is 0 Å². The van der Waals surface area contributed by atoms with Gasteiger partial charge in [0.1, 0.15) is 5.78 Å². The smallest absolute Gasteiger partial charge is 0.303 e. The maximum Gasteiger partial charge on any atom is 0.303 e. The molecule has 1 aromatic carbocycles. The van der Waals surface area contributed by atoms with Gasteiger partial charge in [0.15, 0.2) is 0 Å². The average Bonchev–Trinajstić information content (AvgIpc) is 3.07. The van der Waals surface area contributed by atoms with Crippen LogP contribution in [0.25, 0.3) is 0 Å². The summed E-state index contributed by atoms with van der Waals surface area (Å²) in [6.45, 7) is 2.17. The highest BCUT2D eigenvalue weighted by Gasteiger charge is 2.45. The molecular formula is C26H36O4. The summed E-state index contributed by atoms with van der Waals surface area (Å²) < 4.78 is 0. The molecule has 1 aliphatic rings. The van der Waals surface area contributed by atoms with Crippen LogP contribution in [0.5, 0.6) is 0 Å². The molecule has 0 saturated heterocycles. The number of rotatable bonds is 13. The van der Waals surface area contributed by atoms with Crippen molar-refractivity contribution in [2.45, 2.75) is 64.2 Å². The molecule has 2 N–H and O–H groups in total. The standard InChI is InChI=1S/C26H36O4/c1-2-3-13-21(18-25(29)30)26-22(16-11-6-4-5-7-12-17-27)23(19-24(26)28)20-14-9-8-10-15-20/h2-3,8-11,14-16,21-23,26-27H,4-7,12-13,17-19H2,1H3,(H,29,30)/t21-,22?,23?,26?/m1/s1. The molecule has 0 spiro atoms. The molecule has 2 rings (SSSR count). The Kier molecular flexibility index (Phi) is 10.6. The third kappa shape index (κ3) is 7.24. The monoisotopic (exact) mass is 412 g/mol. The van der Waals surface area contributed by atoms with E-state index in [0.29, 0.717) is 12.8 Å². The SMILES string of the molecule is CC=CC[C@H](CC(=O)O)C1C(=O)CC(c2ccccc2)C1C=CCCCCCCO. The van der Waals surface area contributed by atoms with E-state index in [0.717, 1.165) is 37.7 Å². The number of aliphatic hydroxyl groups is 1. The van der Waals surface area contributed by atoms with Gasteiger partial charge in [-0.15, -0.1) is 0 Å². The number of carbonyl (C=O) groups excluding carboxylic acids is 1. The number of hydrogen-bond donors (Lipinski definition) is 2. The van der Waals surface area contributed by atoms with E-state index in [2.05, 4.69) is 24.3 Å². The maximum atomic E-state index is 13.1. The molecule has 0 amide bonds. The number of carboxylic acids is 1. The highest BCUT2D eigenvalue weighted by atomic mass is 16.4. The van der Waals surface area contributed by atoms with Crippen molar-refractivity contribution in [3.8, 4) is 0 Å². The fourth-order valence-electron chi connectivity index (χ4n) is 4.70. The summed E-state index contributed by atoms with van der Waals surface area (Å²) in [6.07, 6.45) is 14.4. The second-order valence-electron chi connectivity index (χ2n) is 8.31. The zero-order chi connectivity index (χ0) is 21.8. The first-order chi connectivity index (χ1) is 14.6. The molecule has 1 aliphatic carbocycles. The predicted octanol–water partition coefficient (Wildman–Crippen LogP) is 5.53. The van der Waals surface area contributed by atoms with Gasteiger partial charge in [-0.05, 0) is 55.9 Å². The molecule has 3 unspecified atom stereocenters. The lowest BCUT2D eigenvalue weighted by atomic mass is 9.76. The summed E-state index contributed by atoms with van der Waals surface area (Å²) in [4.78, 5) is 24.6. The first kappa shape index (κ1) is 24.1. The fraction of sp³-hybridized carbons (Fsp3) is 0.538. The molecule has 0 aromatic heterocycles. The highest BCUT2D eigenvalue weighted by Crippen LogP contribution is 2.47. The van der Waals surface area contributed by atoms with Crippen molar-refractivity contribution in [2.24, 2.45) is 17.8 Å². The van der Waals surface area contributed by atoms with Gasteiger partial charge in [0.25, 0.3) is 0 Å². The summed E-state index contributed by atoms with van der Waals surface area (Å²) in [7, 11) is 0. The van der Waals surface area contributed by atoms with Crippen LogP contribution in [0.1, 0.15) is 69.8 Å². The zero-order valence-corrected chi connectivity index (χ0v) is 18.1. The number of carbonyl (C=O) groups is 2. The van der Waals surface area contributed by atoms with Crippen molar-refractivity contribution in [1.29, 1.82) is 0 Å². The Morgan fingerprint density at radius 2 is 1.87 bits per heavy atom. The van der Waals surface area contributed by atoms with Crippen molar-refractivity contribution in [2.75, 3.05) is 6.61 Å². The Balaban J connectivity index is 2.21. The first-order valence-electron chi connectivity index (χ1n) is 11.3. The normalized spacial score (nSPS) is 22.9. The van der Waals surface area contributed by atoms with Crippen molar-refractivity contribution < 1.29 is 19.8 Å². The molecule has 0 radical (unpaired) electrons. The molecule has 30 heavy (non-hydrogen) atoms. The van der Waals surface area contributed by atoms with Gasteiger partial charge in [0, 0.05) is 25.4 Å². The summed E-state index contributed by atoms with van der Waals surface area (Å²) in [6, 6.07) is 10.1. The number of carboxylic acid groups (broad SMARTS) is 1. The van der Waals surface area contributed by atoms with Gasteiger partial charge in [0.2, 0.25) is 0 Å². The summed E-state index contributed by atoms with van der Waals surface area (Å²) in [5.74, 6) is -0.945. The molecule has 1 aromatic rings. The van der Waals surface area contributed by atoms with Gasteiger partial charge in [0.05, 0.1) is 0 Å². The second-order valence-corrected chi connectivity index (χ2v) is 8.31. The molecule has 164 valence electrons. The predicted molar refractivity (Wildman–Crippen MR) is 120 cm³/mol. The quantitative estimate of drug-likeness (QED) is 0.330. The molecule has 4 nitrogen and oxygen atoms in total. The molecule has 1 saturated carbocycles. The van der Waals surface area contributed by atoms with Crippen LogP contribution in [0.3, 0.4) is 0 Å². The van der Waals surface area contributed by atoms with Gasteiger partial charge in [-0.3, -0.25) is 9.59 Å². The Bertz CT molecular complexity index is 707. The molecular weight excluding hydrogens is 376 g/mol. The molecule has 0 bridgehead atoms. The number of hydrogen-bond acceptors (Lipinski definition) is 3. The fourth-order valence-corrected chi connectivity index (χ4v) is 4.70. The molecule has 1 fully saturated rings. The third-order valence-electron chi connectivity index (χ3n) is 6.16. The van der Waals surface area contributed by atoms with Crippen molar-refractivity contribution in [3.63, 3.8) is 0 Å². The second kappa shape index (κ2) is 13.2. The average molecular weight is 413 g/mol. The first-order valence-corrected chi connectivity index (χ1v) is 11.3. The van der Waals surface area contributed by atoms with E-state index in [9.17, 15) is 14.7 Å². The Morgan fingerprint density at radius 1 is 1.13 bits per heavy atom. The summed E-state index contributed by atoms with van der Waals surface area (Å²) in [5.41, 5.74) is 1.16. The van der Waals surface area contributed by atoms with Crippen LogP contribution in [0.15, 0.2) is 54.6 Å². The third-order valence-corrected chi connectivity index (χ3v) is 6.16. The lowest BCUT2D eigenvalue weighted by Gasteiger charge is -2.27. The summed E-state index contributed by atoms with van der Waals surface area (Å²) in [5, 5.41) is 18.3. The molecule has 4 heteroatoms. The number of aliphatic carboxylic acids is 1. The van der Waals surface area contributed by atoms with E-state index >= 15 is 0 Å². The number of benzene rings is 1. The number of allylic oxidation sites excluding steroid dienone is 4. The maximum absolute atomic E-state index is 13.1. The topological polar surface area (TPSA) is 74.6 Å². The van der Waals surface area contributed by atoms with Crippen LogP contribution in [-0.2, 0) is 9.59 Å². The van der Waals surface area contributed by atoms with Crippen LogP contribution in [0.4, 0.5) is 0 Å². The van der Waals surface area contributed by atoms with Crippen LogP contribution in [0, 0.1) is 17.8 Å². The van der Waals surface area contributed by atoms with E-state index in [1.165, 1.54) is 0 Å². The molecule has 0 heterocycles. The minimum Gasteiger partial charge on any atom is -0.481 e. The summed E-state index contributed by atoms with van der Waals surface area (Å²) >= 11 is 0. The molecule has 0 aliphatic heterocycles. The van der Waals surface area contributed by atoms with Crippen molar-refractivity contribution in [3.05, 3.63) is 60.2 Å². The Morgan fingerprint density at radius 3 is 2.53 bits per heavy atom. The van der Waals surface area contributed by atoms with Crippen LogP contribution < -0.4 is 0 Å². The van der Waals surface area contributed by atoms with E-state index in [1.807, 2.05) is 37.3 Å². The molecule has 4 atom stereocenters. The van der Waals surface area contributed by atoms with E-state index < -0.39 is 5.97 Å². The van der Waals surface area contributed by atoms with Crippen LogP contribution in [-0.4, -0.2) is 28.6 Å². The minimum atomic E-state index is -0.841. The lowest BCUT2D eigenvalue weighted by Crippen LogP contribution is -2.27. The van der Waals surface area contributed by atoms with E-state index in [1.54, 1.807) is 0 Å². The van der Waals surface area contributed by atoms with Gasteiger partial charge >= 0.3 is 5.97 Å². The van der Waals surface area contributed by atoms with Gasteiger partial charge in [-0.2, -0.15) is 0 Å². The highest BCUT2D eigenvalue weighted by molar-refractivity contribution is 5.86. The van der Waals surface area contributed by atoms with Crippen molar-refractivity contribution in [1.82, 2.24) is 0 Å². The van der Waals surface area contributed by atoms with Crippen LogP contribution >= 0.6 is 0 Å². The van der Waals surface area contributed by atoms with Crippen molar-refractivity contribution >= 4 is 11.8 Å². The van der Waals surface area contributed by atoms with E-state index in [4.69, 9.17) is 5.11 Å². The number of unbranched alkanes of at least 4 members (excludes halogenated alkanes) is 4. The number of aliphatic hydroxyl groups excluding tert-OH is 1. The largest absolute Gasteiger partial charge is 0.481 e. The minimum absolute atomic E-state index is 0.0216. The van der Waals surface area contributed by atoms with Gasteiger partial charge in [-0.25, -0.2) is 0 Å². The Hall–Kier alpha value is -2.20. The zero-order valence-electron chi connectivity index (χ0n) is 18.1.